The van der Waals surface area contributed by atoms with E-state index in [2.05, 4.69) is 294 Å². The predicted molar refractivity (Wildman–Crippen MR) is 375 cm³/mol. The van der Waals surface area contributed by atoms with Crippen LogP contribution < -0.4 is 0 Å². The Kier molecular flexibility index (Phi) is 22.7. The normalized spacial score (nSPS) is 13.3. The van der Waals surface area contributed by atoms with Crippen molar-refractivity contribution in [3.8, 4) is 44.5 Å². The molecule has 0 atom stereocenters. The van der Waals surface area contributed by atoms with Gasteiger partial charge in [0.05, 0.1) is 0 Å². The third-order valence-corrected chi connectivity index (χ3v) is 27.7. The van der Waals surface area contributed by atoms with Crippen molar-refractivity contribution in [1.29, 1.82) is 0 Å². The van der Waals surface area contributed by atoms with Gasteiger partial charge in [0.1, 0.15) is 0 Å². The van der Waals surface area contributed by atoms with E-state index in [9.17, 15) is 0 Å². The van der Waals surface area contributed by atoms with Crippen molar-refractivity contribution >= 4 is 28.8 Å². The lowest BCUT2D eigenvalue weighted by atomic mass is 9.82. The summed E-state index contributed by atoms with van der Waals surface area (Å²) >= 11 is 4.67. The van der Waals surface area contributed by atoms with Crippen LogP contribution in [0.1, 0.15) is 228 Å². The van der Waals surface area contributed by atoms with E-state index in [-0.39, 0.29) is 0 Å². The minimum atomic E-state index is -2.49. The summed E-state index contributed by atoms with van der Waals surface area (Å²) in [5.74, 6) is 3.07. The highest BCUT2D eigenvalue weighted by Gasteiger charge is 2.44. The Morgan fingerprint density at radius 1 is 0.253 bits per heavy atom. The minimum Gasteiger partial charge on any atom is -0.135 e. The molecule has 1 aliphatic rings. The Labute approximate surface area is 514 Å². The summed E-state index contributed by atoms with van der Waals surface area (Å²) in [6, 6.07) is 66.2. The molecule has 0 amide bonds. The largest absolute Gasteiger partial charge is 0.195 e. The van der Waals surface area contributed by atoms with Gasteiger partial charge in [0.2, 0.25) is 0 Å². The SMILES string of the molecule is CC1=C(C)C[Si](Sc2c(-c3c(C(C)C)cccc3C(C)C)cccc2-c2c(C(C)C)cccc2C(C)C)(Sc2c(-c3c(C(C)C)cccc3C(C)C)cccc2-c2c(C(C)C)cccc2C(C)C)C1.Cc1ccccc1.Cc1ccccc1. The number of hydrogen-bond acceptors (Lipinski definition) is 2. The average molecular weight is 1150 g/mol. The first kappa shape index (κ1) is 65.0. The van der Waals surface area contributed by atoms with Gasteiger partial charge in [-0.15, -0.1) is 22.4 Å². The number of hydrogen-bond donors (Lipinski definition) is 0. The summed E-state index contributed by atoms with van der Waals surface area (Å²) in [5, 5.41) is 0. The quantitative estimate of drug-likeness (QED) is 0.0699. The first-order valence-corrected chi connectivity index (χ1v) is 36.8. The second kappa shape index (κ2) is 29.0. The molecule has 0 aromatic heterocycles. The van der Waals surface area contributed by atoms with Crippen molar-refractivity contribution in [2.45, 2.75) is 208 Å². The molecular weight excluding hydrogens is 1050 g/mol. The summed E-state index contributed by atoms with van der Waals surface area (Å²) in [5.41, 5.74) is 28.9. The fourth-order valence-electron chi connectivity index (χ4n) is 12.3. The maximum absolute atomic E-state index is 2.50. The Morgan fingerprint density at radius 3 is 0.614 bits per heavy atom. The number of rotatable bonds is 16. The van der Waals surface area contributed by atoms with Crippen LogP contribution in [0.4, 0.5) is 0 Å². The second-order valence-corrected chi connectivity index (χ2v) is 36.6. The maximum atomic E-state index is 2.50. The molecule has 0 nitrogen and oxygen atoms in total. The van der Waals surface area contributed by atoms with E-state index in [1.165, 1.54) is 110 Å². The van der Waals surface area contributed by atoms with Gasteiger partial charge in [0.15, 0.2) is 6.37 Å². The van der Waals surface area contributed by atoms with Gasteiger partial charge < -0.3 is 0 Å². The molecule has 8 aromatic rings. The molecule has 0 N–H and O–H groups in total. The lowest BCUT2D eigenvalue weighted by Crippen LogP contribution is -2.24. The van der Waals surface area contributed by atoms with Gasteiger partial charge in [-0.05, 0) is 176 Å². The van der Waals surface area contributed by atoms with Crippen molar-refractivity contribution in [2.24, 2.45) is 0 Å². The third-order valence-electron chi connectivity index (χ3n) is 16.9. The van der Waals surface area contributed by atoms with Crippen molar-refractivity contribution in [3.63, 3.8) is 0 Å². The van der Waals surface area contributed by atoms with Crippen molar-refractivity contribution < 1.29 is 0 Å². The van der Waals surface area contributed by atoms with Gasteiger partial charge >= 0.3 is 0 Å². The molecular formula is C80H100S2Si. The van der Waals surface area contributed by atoms with Crippen LogP contribution >= 0.6 is 22.4 Å². The molecule has 1 aliphatic heterocycles. The molecule has 9 rings (SSSR count). The monoisotopic (exact) mass is 1150 g/mol. The zero-order valence-electron chi connectivity index (χ0n) is 54.5. The smallest absolute Gasteiger partial charge is 0.135 e. The number of aryl methyl sites for hydroxylation is 2. The molecule has 0 aliphatic carbocycles. The zero-order chi connectivity index (χ0) is 60.4. The Balaban J connectivity index is 0.000000616. The molecule has 0 bridgehead atoms. The number of allylic oxidation sites excluding steroid dienone is 2. The highest BCUT2D eigenvalue weighted by molar-refractivity contribution is 8.58. The fourth-order valence-corrected chi connectivity index (χ4v) is 25.9. The van der Waals surface area contributed by atoms with Crippen LogP contribution in [0.25, 0.3) is 44.5 Å². The Hall–Kier alpha value is -5.58. The Bertz CT molecular complexity index is 2960. The van der Waals surface area contributed by atoms with Gasteiger partial charge in [0, 0.05) is 9.79 Å². The predicted octanol–water partition coefficient (Wildman–Crippen LogP) is 26.0. The molecule has 0 spiro atoms. The van der Waals surface area contributed by atoms with Crippen LogP contribution in [0.5, 0.6) is 0 Å². The van der Waals surface area contributed by atoms with Crippen molar-refractivity contribution in [3.05, 3.63) is 237 Å². The molecule has 1 heterocycles. The van der Waals surface area contributed by atoms with Crippen LogP contribution in [-0.4, -0.2) is 6.37 Å². The summed E-state index contributed by atoms with van der Waals surface area (Å²) in [6.07, 6.45) is -2.49. The van der Waals surface area contributed by atoms with Gasteiger partial charge in [0.25, 0.3) is 0 Å². The summed E-state index contributed by atoms with van der Waals surface area (Å²) < 4.78 is 0. The topological polar surface area (TPSA) is 0 Å². The third kappa shape index (κ3) is 15.3. The van der Waals surface area contributed by atoms with E-state index in [4.69, 9.17) is 0 Å². The lowest BCUT2D eigenvalue weighted by Gasteiger charge is -2.33. The van der Waals surface area contributed by atoms with E-state index >= 15 is 0 Å². The highest BCUT2D eigenvalue weighted by Crippen LogP contribution is 2.61. The molecule has 0 unspecified atom stereocenters. The second-order valence-electron chi connectivity index (χ2n) is 26.2. The van der Waals surface area contributed by atoms with Gasteiger partial charge in [-0.2, -0.15) is 0 Å². The molecule has 0 saturated carbocycles. The van der Waals surface area contributed by atoms with Gasteiger partial charge in [-0.1, -0.05) is 303 Å². The van der Waals surface area contributed by atoms with Crippen molar-refractivity contribution in [1.82, 2.24) is 0 Å². The molecule has 8 aromatic carbocycles. The first-order chi connectivity index (χ1) is 39.5. The molecule has 0 fully saturated rings. The van der Waals surface area contributed by atoms with Crippen molar-refractivity contribution in [2.75, 3.05) is 0 Å². The van der Waals surface area contributed by atoms with Gasteiger partial charge in [-0.25, -0.2) is 0 Å². The van der Waals surface area contributed by atoms with Crippen LogP contribution in [0.15, 0.2) is 191 Å². The van der Waals surface area contributed by atoms with Crippen LogP contribution in [0.3, 0.4) is 0 Å². The number of benzene rings is 8. The summed E-state index contributed by atoms with van der Waals surface area (Å²) in [7, 11) is 0. The average Bonchev–Trinajstić information content (AvgIpc) is 3.73. The van der Waals surface area contributed by atoms with E-state index in [0.29, 0.717) is 47.3 Å². The van der Waals surface area contributed by atoms with E-state index in [0.717, 1.165) is 12.1 Å². The fraction of sp³-hybridized carbons (Fsp3) is 0.375. The molecule has 436 valence electrons. The van der Waals surface area contributed by atoms with Gasteiger partial charge in [-0.3, -0.25) is 0 Å². The van der Waals surface area contributed by atoms with Crippen LogP contribution in [0.2, 0.25) is 12.1 Å². The van der Waals surface area contributed by atoms with E-state index in [1.807, 2.05) is 36.4 Å². The standard InChI is InChI=1S/C66H84S2Si.2C7H8/c1-39(2)49-25-19-26-50(40(3)4)61(49)57-33-23-34-58(62-51(41(5)6)27-20-28-52(62)42(7)8)65(57)67-69(37-47(17)48(18)38-69)68-66-59(63-53(43(9)10)29-21-30-54(63)44(11)12)35-24-36-60(66)64-55(45(13)14)31-22-32-56(64)46(15)16;2*1-7-5-3-2-4-6-7/h19-36,39-46H,37-38H2,1-18H3;2*2-6H,1H3. The van der Waals surface area contributed by atoms with Crippen LogP contribution in [0, 0.1) is 13.8 Å². The maximum Gasteiger partial charge on any atom is 0.195 e. The Morgan fingerprint density at radius 2 is 0.446 bits per heavy atom. The highest BCUT2D eigenvalue weighted by atomic mass is 32.6. The van der Waals surface area contributed by atoms with Crippen LogP contribution in [-0.2, 0) is 0 Å². The van der Waals surface area contributed by atoms with E-state index in [1.54, 1.807) is 11.1 Å². The lowest BCUT2D eigenvalue weighted by molar-refractivity contribution is 0.835. The summed E-state index contributed by atoms with van der Waals surface area (Å²) in [6.45, 7) is 47.4. The zero-order valence-corrected chi connectivity index (χ0v) is 57.1. The molecule has 3 heteroatoms. The summed E-state index contributed by atoms with van der Waals surface area (Å²) in [4.78, 5) is 2.97. The van der Waals surface area contributed by atoms with E-state index < -0.39 is 6.37 Å². The molecule has 0 saturated heterocycles. The molecule has 83 heavy (non-hydrogen) atoms. The minimum absolute atomic E-state index is 0.384. The molecule has 0 radical (unpaired) electrons. The first-order valence-electron chi connectivity index (χ1n) is 31.3.